The number of fused-ring (bicyclic) bond motifs is 1. The molecule has 1 aromatic heterocycles. The number of aromatic nitrogens is 1. The van der Waals surface area contributed by atoms with Gasteiger partial charge in [-0.3, -0.25) is 9.59 Å². The van der Waals surface area contributed by atoms with E-state index in [-0.39, 0.29) is 11.8 Å². The zero-order chi connectivity index (χ0) is 13.8. The molecule has 2 amide bonds. The van der Waals surface area contributed by atoms with Crippen molar-refractivity contribution < 1.29 is 9.59 Å². The summed E-state index contributed by atoms with van der Waals surface area (Å²) in [6.07, 6.45) is 5.69. The van der Waals surface area contributed by atoms with Gasteiger partial charge in [0.1, 0.15) is 6.04 Å². The Labute approximate surface area is 116 Å². The third kappa shape index (κ3) is 3.76. The number of rotatable bonds is 3. The number of aryl methyl sites for hydroxylation is 2. The van der Waals surface area contributed by atoms with Crippen LogP contribution < -0.4 is 10.6 Å². The molecule has 104 valence electrons. The predicted molar refractivity (Wildman–Crippen MR) is 75.3 cm³/mol. The van der Waals surface area contributed by atoms with Gasteiger partial charge in [-0.1, -0.05) is 6.42 Å². The van der Waals surface area contributed by atoms with Crippen molar-refractivity contribution in [2.45, 2.75) is 52.0 Å². The van der Waals surface area contributed by atoms with Crippen LogP contribution in [0.4, 0.5) is 5.13 Å². The van der Waals surface area contributed by atoms with Gasteiger partial charge in [-0.05, 0) is 32.6 Å². The maximum atomic E-state index is 11.9. The molecule has 1 heterocycles. The molecular weight excluding hydrogens is 262 g/mol. The molecule has 0 saturated carbocycles. The number of hydrogen-bond donors (Lipinski definition) is 2. The Morgan fingerprint density at radius 3 is 2.74 bits per heavy atom. The smallest absolute Gasteiger partial charge is 0.248 e. The molecule has 2 N–H and O–H groups in total. The molecule has 0 bridgehead atoms. The Kier molecular flexibility index (Phi) is 4.52. The summed E-state index contributed by atoms with van der Waals surface area (Å²) < 4.78 is 0. The Hall–Kier alpha value is -1.43. The van der Waals surface area contributed by atoms with Gasteiger partial charge in [0, 0.05) is 11.8 Å². The molecule has 2 rings (SSSR count). The zero-order valence-electron chi connectivity index (χ0n) is 11.3. The molecule has 1 aromatic rings. The molecule has 0 aromatic carbocycles. The van der Waals surface area contributed by atoms with Crippen molar-refractivity contribution in [2.24, 2.45) is 0 Å². The van der Waals surface area contributed by atoms with Gasteiger partial charge in [0.15, 0.2) is 5.13 Å². The second kappa shape index (κ2) is 6.14. The lowest BCUT2D eigenvalue weighted by atomic mass is 10.2. The van der Waals surface area contributed by atoms with Crippen LogP contribution in [0.15, 0.2) is 0 Å². The van der Waals surface area contributed by atoms with Crippen LogP contribution in [-0.4, -0.2) is 22.8 Å². The van der Waals surface area contributed by atoms with Crippen molar-refractivity contribution in [2.75, 3.05) is 5.32 Å². The highest BCUT2D eigenvalue weighted by Crippen LogP contribution is 2.28. The van der Waals surface area contributed by atoms with Gasteiger partial charge >= 0.3 is 0 Å². The second-order valence-corrected chi connectivity index (χ2v) is 5.94. The van der Waals surface area contributed by atoms with E-state index in [2.05, 4.69) is 15.6 Å². The molecule has 5 nitrogen and oxygen atoms in total. The first-order chi connectivity index (χ1) is 9.06. The Morgan fingerprint density at radius 1 is 1.26 bits per heavy atom. The molecule has 1 aliphatic carbocycles. The second-order valence-electron chi connectivity index (χ2n) is 4.86. The summed E-state index contributed by atoms with van der Waals surface area (Å²) in [5.74, 6) is -0.434. The molecule has 19 heavy (non-hydrogen) atoms. The normalized spacial score (nSPS) is 16.1. The SMILES string of the molecule is CC(=O)N[C@H](C)C(=O)Nc1nc2c(s1)CCCCC2. The fraction of sp³-hybridized carbons (Fsp3) is 0.615. The minimum atomic E-state index is -0.541. The van der Waals surface area contributed by atoms with Crippen LogP contribution in [-0.2, 0) is 22.4 Å². The number of thiazole rings is 1. The standard InChI is InChI=1S/C13H19N3O2S/c1-8(14-9(2)17)12(18)16-13-15-10-6-4-3-5-7-11(10)19-13/h8H,3-7H2,1-2H3,(H,14,17)(H,15,16,18)/t8-/m1/s1. The van der Waals surface area contributed by atoms with Gasteiger partial charge in [0.2, 0.25) is 11.8 Å². The average molecular weight is 281 g/mol. The van der Waals surface area contributed by atoms with Crippen molar-refractivity contribution in [3.8, 4) is 0 Å². The van der Waals surface area contributed by atoms with E-state index in [0.29, 0.717) is 5.13 Å². The molecule has 1 aliphatic rings. The highest BCUT2D eigenvalue weighted by Gasteiger charge is 2.18. The summed E-state index contributed by atoms with van der Waals surface area (Å²) in [7, 11) is 0. The summed E-state index contributed by atoms with van der Waals surface area (Å²) >= 11 is 1.56. The van der Waals surface area contributed by atoms with E-state index in [1.54, 1.807) is 18.3 Å². The summed E-state index contributed by atoms with van der Waals surface area (Å²) in [5, 5.41) is 5.99. The number of hydrogen-bond acceptors (Lipinski definition) is 4. The molecule has 0 fully saturated rings. The van der Waals surface area contributed by atoms with Crippen LogP contribution >= 0.6 is 11.3 Å². The van der Waals surface area contributed by atoms with Crippen LogP contribution in [0, 0.1) is 0 Å². The first-order valence-corrected chi connectivity index (χ1v) is 7.44. The molecule has 0 spiro atoms. The third-order valence-electron chi connectivity index (χ3n) is 3.14. The highest BCUT2D eigenvalue weighted by molar-refractivity contribution is 7.15. The van der Waals surface area contributed by atoms with E-state index >= 15 is 0 Å². The maximum absolute atomic E-state index is 11.9. The van der Waals surface area contributed by atoms with Crippen LogP contribution in [0.3, 0.4) is 0 Å². The number of amides is 2. The van der Waals surface area contributed by atoms with Gasteiger partial charge in [0.25, 0.3) is 0 Å². The molecule has 6 heteroatoms. The Balaban J connectivity index is 1.99. The van der Waals surface area contributed by atoms with Crippen LogP contribution in [0.25, 0.3) is 0 Å². The molecule has 0 aliphatic heterocycles. The van der Waals surface area contributed by atoms with Crippen LogP contribution in [0.2, 0.25) is 0 Å². The molecule has 0 unspecified atom stereocenters. The lowest BCUT2D eigenvalue weighted by molar-refractivity contribution is -0.124. The van der Waals surface area contributed by atoms with Gasteiger partial charge in [0.05, 0.1) is 5.69 Å². The quantitative estimate of drug-likeness (QED) is 0.831. The van der Waals surface area contributed by atoms with Gasteiger partial charge in [-0.25, -0.2) is 4.98 Å². The minimum absolute atomic E-state index is 0.211. The summed E-state index contributed by atoms with van der Waals surface area (Å²) in [6, 6.07) is -0.541. The first kappa shape index (κ1) is 14.0. The highest BCUT2D eigenvalue weighted by atomic mass is 32.1. The number of nitrogens with zero attached hydrogens (tertiary/aromatic N) is 1. The van der Waals surface area contributed by atoms with Gasteiger partial charge < -0.3 is 10.6 Å². The molecule has 0 saturated heterocycles. The fourth-order valence-electron chi connectivity index (χ4n) is 2.17. The van der Waals surface area contributed by atoms with E-state index in [4.69, 9.17) is 0 Å². The predicted octanol–water partition coefficient (Wildman–Crippen LogP) is 1.88. The summed E-state index contributed by atoms with van der Waals surface area (Å²) in [4.78, 5) is 28.6. The monoisotopic (exact) mass is 281 g/mol. The van der Waals surface area contributed by atoms with Crippen LogP contribution in [0.5, 0.6) is 0 Å². The molecule has 0 radical (unpaired) electrons. The van der Waals surface area contributed by atoms with E-state index in [1.165, 1.54) is 31.1 Å². The van der Waals surface area contributed by atoms with Crippen molar-refractivity contribution in [1.82, 2.24) is 10.3 Å². The molecule has 1 atom stereocenters. The lowest BCUT2D eigenvalue weighted by Crippen LogP contribution is -2.40. The average Bonchev–Trinajstić information content (AvgIpc) is 2.57. The van der Waals surface area contributed by atoms with E-state index < -0.39 is 6.04 Å². The van der Waals surface area contributed by atoms with Gasteiger partial charge in [-0.2, -0.15) is 0 Å². The number of nitrogens with one attached hydrogen (secondary N) is 2. The summed E-state index contributed by atoms with van der Waals surface area (Å²) in [5.41, 5.74) is 1.13. The maximum Gasteiger partial charge on any atom is 0.248 e. The van der Waals surface area contributed by atoms with E-state index in [0.717, 1.165) is 18.5 Å². The number of carbonyl (C=O) groups excluding carboxylic acids is 2. The number of anilines is 1. The van der Waals surface area contributed by atoms with Crippen molar-refractivity contribution in [1.29, 1.82) is 0 Å². The van der Waals surface area contributed by atoms with Crippen molar-refractivity contribution >= 4 is 28.3 Å². The number of carbonyl (C=O) groups is 2. The largest absolute Gasteiger partial charge is 0.345 e. The van der Waals surface area contributed by atoms with E-state index in [9.17, 15) is 9.59 Å². The lowest BCUT2D eigenvalue weighted by Gasteiger charge is -2.10. The minimum Gasteiger partial charge on any atom is -0.345 e. The van der Waals surface area contributed by atoms with Crippen molar-refractivity contribution in [3.05, 3.63) is 10.6 Å². The fourth-order valence-corrected chi connectivity index (χ4v) is 3.22. The third-order valence-corrected chi connectivity index (χ3v) is 4.21. The van der Waals surface area contributed by atoms with Gasteiger partial charge in [-0.15, -0.1) is 11.3 Å². The summed E-state index contributed by atoms with van der Waals surface area (Å²) in [6.45, 7) is 3.06. The topological polar surface area (TPSA) is 71.1 Å². The van der Waals surface area contributed by atoms with Crippen molar-refractivity contribution in [3.63, 3.8) is 0 Å². The Morgan fingerprint density at radius 2 is 2.00 bits per heavy atom. The molecular formula is C13H19N3O2S. The van der Waals surface area contributed by atoms with Crippen LogP contribution in [0.1, 0.15) is 43.7 Å². The Bertz CT molecular complexity index is 461. The van der Waals surface area contributed by atoms with E-state index in [1.807, 2.05) is 0 Å². The zero-order valence-corrected chi connectivity index (χ0v) is 12.1. The first-order valence-electron chi connectivity index (χ1n) is 6.63.